The van der Waals surface area contributed by atoms with E-state index >= 15 is 0 Å². The first-order valence-electron chi connectivity index (χ1n) is 10.1. The van der Waals surface area contributed by atoms with Crippen molar-refractivity contribution in [1.82, 2.24) is 5.32 Å². The molecular formula is C24H24Cl2N2O3S. The molecule has 3 rings (SSSR count). The van der Waals surface area contributed by atoms with E-state index in [1.807, 2.05) is 37.3 Å². The van der Waals surface area contributed by atoms with Gasteiger partial charge < -0.3 is 5.32 Å². The Balaban J connectivity index is 1.77. The van der Waals surface area contributed by atoms with Crippen molar-refractivity contribution >= 4 is 44.8 Å². The minimum absolute atomic E-state index is 0.0796. The van der Waals surface area contributed by atoms with Gasteiger partial charge in [0, 0.05) is 6.04 Å². The standard InChI is InChI=1S/C24H24Cl2N2O3S/c1-18(12-13-19-8-4-2-5-9-19)27-24(29)17-28(20-14-15-22(25)23(26)16-20)32(30,31)21-10-6-3-7-11-21/h2-11,14-16,18H,12-13,17H2,1H3,(H,27,29)/t18-/m0/s1. The van der Waals surface area contributed by atoms with E-state index in [2.05, 4.69) is 5.32 Å². The van der Waals surface area contributed by atoms with Crippen LogP contribution in [0.15, 0.2) is 83.8 Å². The second-order valence-corrected chi connectivity index (χ2v) is 10.1. The molecule has 0 saturated carbocycles. The van der Waals surface area contributed by atoms with Gasteiger partial charge in [-0.15, -0.1) is 0 Å². The molecule has 1 N–H and O–H groups in total. The fraction of sp³-hybridized carbons (Fsp3) is 0.208. The van der Waals surface area contributed by atoms with Crippen LogP contribution in [0.2, 0.25) is 10.0 Å². The normalized spacial score (nSPS) is 12.2. The highest BCUT2D eigenvalue weighted by atomic mass is 35.5. The lowest BCUT2D eigenvalue weighted by Gasteiger charge is -2.25. The summed E-state index contributed by atoms with van der Waals surface area (Å²) in [5.74, 6) is -0.406. The number of nitrogens with zero attached hydrogens (tertiary/aromatic N) is 1. The maximum absolute atomic E-state index is 13.3. The summed E-state index contributed by atoms with van der Waals surface area (Å²) >= 11 is 12.1. The molecule has 0 fully saturated rings. The number of hydrogen-bond acceptors (Lipinski definition) is 3. The quantitative estimate of drug-likeness (QED) is 0.440. The van der Waals surface area contributed by atoms with Crippen molar-refractivity contribution in [2.75, 3.05) is 10.8 Å². The lowest BCUT2D eigenvalue weighted by Crippen LogP contribution is -2.43. The Hall–Kier alpha value is -2.54. The van der Waals surface area contributed by atoms with Gasteiger partial charge in [0.25, 0.3) is 10.0 Å². The Morgan fingerprint density at radius 3 is 2.19 bits per heavy atom. The molecule has 0 spiro atoms. The first kappa shape index (κ1) is 24.1. The van der Waals surface area contributed by atoms with Crippen LogP contribution < -0.4 is 9.62 Å². The summed E-state index contributed by atoms with van der Waals surface area (Å²) in [6.45, 7) is 1.51. The average Bonchev–Trinajstić information content (AvgIpc) is 2.79. The summed E-state index contributed by atoms with van der Waals surface area (Å²) in [5, 5.41) is 3.40. The van der Waals surface area contributed by atoms with Gasteiger partial charge in [-0.1, -0.05) is 71.7 Å². The molecule has 8 heteroatoms. The number of benzene rings is 3. The highest BCUT2D eigenvalue weighted by Crippen LogP contribution is 2.30. The third-order valence-electron chi connectivity index (χ3n) is 4.93. The number of carbonyl (C=O) groups is 1. The monoisotopic (exact) mass is 490 g/mol. The average molecular weight is 491 g/mol. The number of anilines is 1. The summed E-state index contributed by atoms with van der Waals surface area (Å²) in [4.78, 5) is 12.9. The highest BCUT2D eigenvalue weighted by Gasteiger charge is 2.28. The van der Waals surface area contributed by atoms with E-state index in [0.29, 0.717) is 5.02 Å². The van der Waals surface area contributed by atoms with E-state index in [9.17, 15) is 13.2 Å². The van der Waals surface area contributed by atoms with E-state index in [1.165, 1.54) is 35.9 Å². The Kier molecular flexibility index (Phi) is 8.18. The summed E-state index contributed by atoms with van der Waals surface area (Å²) in [7, 11) is -4.00. The number of nitrogens with one attached hydrogen (secondary N) is 1. The van der Waals surface area contributed by atoms with Crippen LogP contribution in [0.1, 0.15) is 18.9 Å². The molecule has 0 aliphatic rings. The van der Waals surface area contributed by atoms with Crippen LogP contribution in [-0.2, 0) is 21.2 Å². The van der Waals surface area contributed by atoms with Gasteiger partial charge in [0.2, 0.25) is 5.91 Å². The molecule has 168 valence electrons. The second-order valence-electron chi connectivity index (χ2n) is 7.42. The van der Waals surface area contributed by atoms with Gasteiger partial charge in [0.05, 0.1) is 20.6 Å². The molecule has 0 aliphatic carbocycles. The Morgan fingerprint density at radius 2 is 1.56 bits per heavy atom. The molecular weight excluding hydrogens is 467 g/mol. The SMILES string of the molecule is C[C@@H](CCc1ccccc1)NC(=O)CN(c1ccc(Cl)c(Cl)c1)S(=O)(=O)c1ccccc1. The fourth-order valence-corrected chi connectivity index (χ4v) is 4.95. The highest BCUT2D eigenvalue weighted by molar-refractivity contribution is 7.92. The lowest BCUT2D eigenvalue weighted by molar-refractivity contribution is -0.120. The predicted octanol–water partition coefficient (Wildman–Crippen LogP) is 5.33. The molecule has 0 bridgehead atoms. The zero-order valence-corrected chi connectivity index (χ0v) is 19.9. The molecule has 3 aromatic carbocycles. The minimum atomic E-state index is -4.00. The predicted molar refractivity (Wildman–Crippen MR) is 130 cm³/mol. The number of halogens is 2. The zero-order valence-electron chi connectivity index (χ0n) is 17.5. The minimum Gasteiger partial charge on any atom is -0.352 e. The van der Waals surface area contributed by atoms with Gasteiger partial charge in [-0.05, 0) is 55.7 Å². The Labute approximate surface area is 199 Å². The molecule has 3 aromatic rings. The molecule has 0 aliphatic heterocycles. The van der Waals surface area contributed by atoms with E-state index in [1.54, 1.807) is 18.2 Å². The van der Waals surface area contributed by atoms with Crippen molar-refractivity contribution in [2.24, 2.45) is 0 Å². The first-order chi connectivity index (χ1) is 15.3. The summed E-state index contributed by atoms with van der Waals surface area (Å²) in [6, 6.07) is 22.3. The fourth-order valence-electron chi connectivity index (χ4n) is 3.23. The zero-order chi connectivity index (χ0) is 23.1. The molecule has 0 aromatic heterocycles. The molecule has 5 nitrogen and oxygen atoms in total. The maximum atomic E-state index is 13.3. The lowest BCUT2D eigenvalue weighted by atomic mass is 10.1. The van der Waals surface area contributed by atoms with Crippen LogP contribution in [0.3, 0.4) is 0 Å². The smallest absolute Gasteiger partial charge is 0.264 e. The molecule has 32 heavy (non-hydrogen) atoms. The molecule has 1 amide bonds. The largest absolute Gasteiger partial charge is 0.352 e. The number of rotatable bonds is 9. The second kappa shape index (κ2) is 10.9. The number of amides is 1. The van der Waals surface area contributed by atoms with Crippen LogP contribution in [0.25, 0.3) is 0 Å². The van der Waals surface area contributed by atoms with Crippen LogP contribution in [0.4, 0.5) is 5.69 Å². The summed E-state index contributed by atoms with van der Waals surface area (Å²) in [5.41, 5.74) is 1.44. The Bertz CT molecular complexity index is 1160. The molecule has 0 radical (unpaired) electrons. The first-order valence-corrected chi connectivity index (χ1v) is 12.3. The van der Waals surface area contributed by atoms with Crippen LogP contribution in [-0.4, -0.2) is 26.9 Å². The molecule has 0 heterocycles. The number of sulfonamides is 1. The topological polar surface area (TPSA) is 66.5 Å². The summed E-state index contributed by atoms with van der Waals surface area (Å²) < 4.78 is 27.7. The van der Waals surface area contributed by atoms with Gasteiger partial charge >= 0.3 is 0 Å². The van der Waals surface area contributed by atoms with E-state index in [-0.39, 0.29) is 28.2 Å². The van der Waals surface area contributed by atoms with Gasteiger partial charge in [-0.25, -0.2) is 8.42 Å². The van der Waals surface area contributed by atoms with Gasteiger partial charge in [-0.2, -0.15) is 0 Å². The van der Waals surface area contributed by atoms with Crippen LogP contribution in [0.5, 0.6) is 0 Å². The van der Waals surface area contributed by atoms with Crippen molar-refractivity contribution in [3.05, 3.63) is 94.5 Å². The summed E-state index contributed by atoms with van der Waals surface area (Å²) in [6.07, 6.45) is 1.54. The van der Waals surface area contributed by atoms with E-state index < -0.39 is 15.9 Å². The third kappa shape index (κ3) is 6.25. The van der Waals surface area contributed by atoms with Crippen LogP contribution >= 0.6 is 23.2 Å². The number of aryl methyl sites for hydroxylation is 1. The van der Waals surface area contributed by atoms with Crippen molar-refractivity contribution in [2.45, 2.75) is 30.7 Å². The third-order valence-corrected chi connectivity index (χ3v) is 7.45. The van der Waals surface area contributed by atoms with Gasteiger partial charge in [0.15, 0.2) is 0 Å². The van der Waals surface area contributed by atoms with Gasteiger partial charge in [-0.3, -0.25) is 9.10 Å². The van der Waals surface area contributed by atoms with E-state index in [0.717, 1.165) is 17.1 Å². The molecule has 1 atom stereocenters. The maximum Gasteiger partial charge on any atom is 0.264 e. The molecule has 0 unspecified atom stereocenters. The molecule has 0 saturated heterocycles. The van der Waals surface area contributed by atoms with Crippen LogP contribution in [0, 0.1) is 0 Å². The number of hydrogen-bond donors (Lipinski definition) is 1. The van der Waals surface area contributed by atoms with Gasteiger partial charge in [0.1, 0.15) is 6.54 Å². The van der Waals surface area contributed by atoms with Crippen molar-refractivity contribution in [1.29, 1.82) is 0 Å². The van der Waals surface area contributed by atoms with Crippen molar-refractivity contribution in [3.8, 4) is 0 Å². The Morgan fingerprint density at radius 1 is 0.938 bits per heavy atom. The number of carbonyl (C=O) groups excluding carboxylic acids is 1. The van der Waals surface area contributed by atoms with Crippen molar-refractivity contribution in [3.63, 3.8) is 0 Å². The van der Waals surface area contributed by atoms with Crippen molar-refractivity contribution < 1.29 is 13.2 Å². The van der Waals surface area contributed by atoms with E-state index in [4.69, 9.17) is 23.2 Å².